The second-order valence-corrected chi connectivity index (χ2v) is 7.86. The number of benzene rings is 4. The second-order valence-electron chi connectivity index (χ2n) is 7.86. The second kappa shape index (κ2) is 24.8. The van der Waals surface area contributed by atoms with Crippen LogP contribution >= 0.6 is 0 Å². The Morgan fingerprint density at radius 3 is 0.609 bits per heavy atom. The van der Waals surface area contributed by atoms with E-state index in [2.05, 4.69) is 0 Å². The molecule has 0 aromatic heterocycles. The monoisotopic (exact) mass is 682 g/mol. The maximum Gasteiger partial charge on any atom is 1.00 e. The molecule has 4 aromatic carbocycles. The van der Waals surface area contributed by atoms with Crippen LogP contribution in [0.2, 0.25) is 0 Å². The summed E-state index contributed by atoms with van der Waals surface area (Å²) in [5.74, 6) is 3.11. The van der Waals surface area contributed by atoms with E-state index in [1.165, 1.54) is 0 Å². The predicted octanol–water partition coefficient (Wildman–Crippen LogP) is 7.57. The Labute approximate surface area is 276 Å². The van der Waals surface area contributed by atoms with E-state index in [1.807, 2.05) is 24.3 Å². The predicted molar refractivity (Wildman–Crippen MR) is 161 cm³/mol. The average Bonchev–Trinajstić information content (AvgIpc) is 3.08. The number of ether oxygens (including phenoxy) is 4. The third-order valence-electron chi connectivity index (χ3n) is 4.88. The van der Waals surface area contributed by atoms with Crippen molar-refractivity contribution in [2.75, 3.05) is 28.4 Å². The molecule has 0 spiro atoms. The molecule has 242 valence electrons. The van der Waals surface area contributed by atoms with Crippen LogP contribution in [0.3, 0.4) is 0 Å². The maximum absolute atomic E-state index is 9.75. The van der Waals surface area contributed by atoms with Gasteiger partial charge in [-0.1, -0.05) is 0 Å². The number of rotatable bonds is 4. The first-order chi connectivity index (χ1) is 21.5. The molecule has 0 aliphatic carbocycles. The molecule has 0 atom stereocenters. The van der Waals surface area contributed by atoms with Gasteiger partial charge >= 0.3 is 24.3 Å². The summed E-state index contributed by atoms with van der Waals surface area (Å²) in [6.07, 6.45) is 0. The zero-order valence-electron chi connectivity index (χ0n) is 25.1. The molecule has 0 fully saturated rings. The van der Waals surface area contributed by atoms with E-state index in [0.717, 1.165) is 23.0 Å². The molecule has 0 bridgehead atoms. The van der Waals surface area contributed by atoms with Crippen molar-refractivity contribution in [3.8, 4) is 47.3 Å². The molecule has 4 aromatic rings. The summed E-state index contributed by atoms with van der Waals surface area (Å²) >= 11 is 0. The van der Waals surface area contributed by atoms with Crippen LogP contribution in [-0.2, 0) is 17.1 Å². The van der Waals surface area contributed by atoms with Crippen LogP contribution in [0.15, 0.2) is 97.1 Å². The molecule has 0 heterocycles. The molecule has 0 saturated heterocycles. The molecule has 4 rings (SSSR count). The van der Waals surface area contributed by atoms with Crippen LogP contribution < -0.4 is 18.9 Å². The minimum Gasteiger partial charge on any atom is -0.497 e. The van der Waals surface area contributed by atoms with Gasteiger partial charge in [0.25, 0.3) is 0 Å². The van der Waals surface area contributed by atoms with Gasteiger partial charge in [-0.15, -0.1) is 0 Å². The quantitative estimate of drug-likeness (QED) is 0.159. The van der Waals surface area contributed by atoms with Gasteiger partial charge in [0, 0.05) is 0 Å². The Morgan fingerprint density at radius 1 is 0.391 bits per heavy atom. The Balaban J connectivity index is 0. The fourth-order valence-corrected chi connectivity index (χ4v) is 2.66. The minimum atomic E-state index is -6.00. The van der Waals surface area contributed by atoms with Crippen molar-refractivity contribution in [3.05, 3.63) is 119 Å². The van der Waals surface area contributed by atoms with Crippen LogP contribution in [-0.4, -0.2) is 35.7 Å². The van der Waals surface area contributed by atoms with Crippen molar-refractivity contribution in [2.24, 2.45) is 0 Å². The van der Waals surface area contributed by atoms with E-state index in [9.17, 15) is 17.3 Å². The summed E-state index contributed by atoms with van der Waals surface area (Å²) in [5.41, 5.74) is 2.61. The van der Waals surface area contributed by atoms with Gasteiger partial charge in [-0.05, 0) is 97.1 Å². The Morgan fingerprint density at radius 2 is 0.522 bits per heavy atom. The van der Waals surface area contributed by atoms with Gasteiger partial charge in [-0.25, -0.2) is 0 Å². The van der Waals surface area contributed by atoms with E-state index in [-0.39, 0.29) is 17.1 Å². The van der Waals surface area contributed by atoms with E-state index < -0.39 is 7.25 Å². The summed E-state index contributed by atoms with van der Waals surface area (Å²) < 4.78 is 58.6. The van der Waals surface area contributed by atoms with Gasteiger partial charge < -0.3 is 36.2 Å². The van der Waals surface area contributed by atoms with E-state index in [0.29, 0.717) is 22.3 Å². The first-order valence-electron chi connectivity index (χ1n) is 12.5. The number of nitrogens with zero attached hydrogens (tertiary/aromatic N) is 4. The summed E-state index contributed by atoms with van der Waals surface area (Å²) in [4.78, 5) is 0. The minimum absolute atomic E-state index is 0. The molecule has 46 heavy (non-hydrogen) atoms. The number of hydrogen-bond donors (Lipinski definition) is 0. The van der Waals surface area contributed by atoms with Crippen molar-refractivity contribution >= 4 is 7.25 Å². The van der Waals surface area contributed by atoms with Crippen LogP contribution in [0.5, 0.6) is 23.0 Å². The topological polar surface area (TPSA) is 132 Å². The fraction of sp³-hybridized carbons (Fsp3) is 0.125. The first kappa shape index (κ1) is 42.5. The van der Waals surface area contributed by atoms with E-state index in [1.54, 1.807) is 126 Å². The molecule has 0 aliphatic rings. The van der Waals surface area contributed by atoms with E-state index in [4.69, 9.17) is 40.0 Å². The Kier molecular flexibility index (Phi) is 22.9. The largest absolute Gasteiger partial charge is 1.00 e. The van der Waals surface area contributed by atoms with Crippen LogP contribution in [0.25, 0.3) is 0 Å². The Hall–Kier alpha value is -5.66. The van der Waals surface area contributed by atoms with Gasteiger partial charge in [-0.3, -0.25) is 0 Å². The zero-order valence-corrected chi connectivity index (χ0v) is 26.0. The standard InChI is InChI=1S/4C8H7NO.BF4.Cu/c4*1-10-8-4-2-7(6-9)3-5-8;2-1(3,4)5;/h4*2-5H,1H3;;/q;;;;-1;+1. The molecular formula is C32H28BCuF4N4O4. The van der Waals surface area contributed by atoms with Crippen molar-refractivity contribution in [1.82, 2.24) is 0 Å². The van der Waals surface area contributed by atoms with Crippen molar-refractivity contribution < 1.29 is 53.3 Å². The van der Waals surface area contributed by atoms with Crippen molar-refractivity contribution in [3.63, 3.8) is 0 Å². The van der Waals surface area contributed by atoms with Gasteiger partial charge in [0.2, 0.25) is 0 Å². The molecule has 8 nitrogen and oxygen atoms in total. The Bertz CT molecular complexity index is 1330. The summed E-state index contributed by atoms with van der Waals surface area (Å²) in [7, 11) is 0.394. The van der Waals surface area contributed by atoms with Crippen LogP contribution in [0.4, 0.5) is 17.3 Å². The molecule has 0 unspecified atom stereocenters. The van der Waals surface area contributed by atoms with Gasteiger partial charge in [0.1, 0.15) is 23.0 Å². The van der Waals surface area contributed by atoms with Gasteiger partial charge in [-0.2, -0.15) is 21.0 Å². The normalized spacial score (nSPS) is 8.61. The molecule has 0 radical (unpaired) electrons. The molecule has 0 saturated carbocycles. The van der Waals surface area contributed by atoms with Gasteiger partial charge in [0.15, 0.2) is 0 Å². The van der Waals surface area contributed by atoms with Crippen LogP contribution in [0, 0.1) is 45.3 Å². The molecule has 0 aliphatic heterocycles. The summed E-state index contributed by atoms with van der Waals surface area (Å²) in [5, 5.41) is 33.6. The maximum atomic E-state index is 9.75. The van der Waals surface area contributed by atoms with Gasteiger partial charge in [0.05, 0.1) is 75.0 Å². The third kappa shape index (κ3) is 21.1. The molecule has 0 amide bonds. The third-order valence-corrected chi connectivity index (χ3v) is 4.88. The van der Waals surface area contributed by atoms with Crippen molar-refractivity contribution in [2.45, 2.75) is 0 Å². The smallest absolute Gasteiger partial charge is 0.497 e. The fourth-order valence-electron chi connectivity index (χ4n) is 2.66. The summed E-state index contributed by atoms with van der Waals surface area (Å²) in [6.45, 7) is 0. The molecule has 14 heteroatoms. The SMILES string of the molecule is COc1ccc(C#N)cc1.COc1ccc(C#N)cc1.COc1ccc(C#N)cc1.COc1ccc(C#N)cc1.F[B-](F)(F)F.[Cu+]. The average molecular weight is 683 g/mol. The number of nitriles is 4. The number of hydrogen-bond acceptors (Lipinski definition) is 8. The number of halogens is 4. The zero-order chi connectivity index (χ0) is 34.1. The molecule has 0 N–H and O–H groups in total. The van der Waals surface area contributed by atoms with Crippen molar-refractivity contribution in [1.29, 1.82) is 21.0 Å². The van der Waals surface area contributed by atoms with E-state index >= 15 is 0 Å². The van der Waals surface area contributed by atoms with Crippen LogP contribution in [0.1, 0.15) is 22.3 Å². The molecular weight excluding hydrogens is 655 g/mol. The first-order valence-corrected chi connectivity index (χ1v) is 12.5. The summed E-state index contributed by atoms with van der Waals surface area (Å²) in [6, 6.07) is 36.0. The number of methoxy groups -OCH3 is 4.